The highest BCUT2D eigenvalue weighted by Gasteiger charge is 2.24. The summed E-state index contributed by atoms with van der Waals surface area (Å²) in [6.45, 7) is 11.9. The van der Waals surface area contributed by atoms with E-state index in [-0.39, 0.29) is 0 Å². The smallest absolute Gasteiger partial charge is 0.0326 e. The maximum atomic E-state index is 2.51. The van der Waals surface area contributed by atoms with E-state index in [1.165, 1.54) is 57.8 Å². The first kappa shape index (κ1) is 16.0. The van der Waals surface area contributed by atoms with Gasteiger partial charge in [0.25, 0.3) is 0 Å². The lowest BCUT2D eigenvalue weighted by atomic mass is 9.74. The molecule has 0 bridgehead atoms. The Kier molecular flexibility index (Phi) is 9.07. The Morgan fingerprint density at radius 2 is 1.50 bits per heavy atom. The fraction of sp³-hybridized carbons (Fsp3) is 1.00. The molecule has 0 heteroatoms. The molecule has 0 radical (unpaired) electrons. The van der Waals surface area contributed by atoms with Gasteiger partial charge in [-0.2, -0.15) is 0 Å². The molecule has 0 nitrogen and oxygen atoms in total. The van der Waals surface area contributed by atoms with Crippen LogP contribution >= 0.6 is 0 Å². The van der Waals surface area contributed by atoms with Crippen molar-refractivity contribution in [2.75, 3.05) is 0 Å². The van der Waals surface area contributed by atoms with Crippen LogP contribution in [0.25, 0.3) is 0 Å². The van der Waals surface area contributed by atoms with E-state index >= 15 is 0 Å². The Balaban J connectivity index is 3.98. The molecule has 0 fully saturated rings. The van der Waals surface area contributed by atoms with E-state index in [1.807, 2.05) is 0 Å². The van der Waals surface area contributed by atoms with Crippen LogP contribution in [-0.4, -0.2) is 0 Å². The predicted molar refractivity (Wildman–Crippen MR) is 75.8 cm³/mol. The monoisotopic (exact) mass is 226 g/mol. The first-order valence-electron chi connectivity index (χ1n) is 7.61. The minimum Gasteiger partial charge on any atom is -0.0654 e. The second-order valence-corrected chi connectivity index (χ2v) is 5.86. The van der Waals surface area contributed by atoms with Gasteiger partial charge in [-0.1, -0.05) is 79.6 Å². The standard InChI is InChI=1S/C16H34/c1-6-10-11-12-13-16(5,9-4)14-15(7-2)8-3/h15H,6-14H2,1-5H3. The lowest BCUT2D eigenvalue weighted by Crippen LogP contribution is -2.19. The molecule has 1 unspecified atom stereocenters. The number of unbranched alkanes of at least 4 members (excludes halogenated alkanes) is 3. The second kappa shape index (κ2) is 9.07. The Labute approximate surface area is 104 Å². The maximum Gasteiger partial charge on any atom is -0.0326 e. The summed E-state index contributed by atoms with van der Waals surface area (Å²) in [5, 5.41) is 0. The lowest BCUT2D eigenvalue weighted by Gasteiger charge is -2.32. The highest BCUT2D eigenvalue weighted by atomic mass is 14.3. The van der Waals surface area contributed by atoms with Gasteiger partial charge in [0.15, 0.2) is 0 Å². The Hall–Kier alpha value is 0. The van der Waals surface area contributed by atoms with Crippen molar-refractivity contribution >= 4 is 0 Å². The van der Waals surface area contributed by atoms with E-state index in [0.29, 0.717) is 5.41 Å². The van der Waals surface area contributed by atoms with Gasteiger partial charge in [-0.05, 0) is 24.2 Å². The Morgan fingerprint density at radius 1 is 0.875 bits per heavy atom. The SMILES string of the molecule is CCCCCCC(C)(CC)CC(CC)CC. The van der Waals surface area contributed by atoms with Gasteiger partial charge in [0.1, 0.15) is 0 Å². The van der Waals surface area contributed by atoms with E-state index in [2.05, 4.69) is 34.6 Å². The molecule has 0 aromatic rings. The van der Waals surface area contributed by atoms with E-state index in [1.54, 1.807) is 0 Å². The maximum absolute atomic E-state index is 2.51. The average Bonchev–Trinajstić information content (AvgIpc) is 2.32. The molecule has 0 heterocycles. The summed E-state index contributed by atoms with van der Waals surface area (Å²) >= 11 is 0. The minimum atomic E-state index is 0.616. The van der Waals surface area contributed by atoms with Crippen molar-refractivity contribution in [2.24, 2.45) is 11.3 Å². The molecule has 16 heavy (non-hydrogen) atoms. The van der Waals surface area contributed by atoms with Crippen molar-refractivity contribution in [2.45, 2.75) is 92.4 Å². The zero-order chi connectivity index (χ0) is 12.4. The first-order chi connectivity index (χ1) is 7.61. The van der Waals surface area contributed by atoms with Crippen LogP contribution in [0.15, 0.2) is 0 Å². The van der Waals surface area contributed by atoms with Crippen molar-refractivity contribution in [3.8, 4) is 0 Å². The van der Waals surface area contributed by atoms with Crippen molar-refractivity contribution in [1.29, 1.82) is 0 Å². The zero-order valence-electron chi connectivity index (χ0n) is 12.4. The minimum absolute atomic E-state index is 0.616. The largest absolute Gasteiger partial charge is 0.0654 e. The van der Waals surface area contributed by atoms with Gasteiger partial charge in [-0.3, -0.25) is 0 Å². The van der Waals surface area contributed by atoms with Crippen LogP contribution < -0.4 is 0 Å². The first-order valence-corrected chi connectivity index (χ1v) is 7.61. The summed E-state index contributed by atoms with van der Waals surface area (Å²) in [6.07, 6.45) is 12.6. The number of hydrogen-bond donors (Lipinski definition) is 0. The molecule has 0 aliphatic heterocycles. The molecule has 0 aromatic heterocycles. The quantitative estimate of drug-likeness (QED) is 0.389. The van der Waals surface area contributed by atoms with Gasteiger partial charge in [-0.25, -0.2) is 0 Å². The van der Waals surface area contributed by atoms with Crippen molar-refractivity contribution < 1.29 is 0 Å². The van der Waals surface area contributed by atoms with Crippen LogP contribution in [0, 0.1) is 11.3 Å². The van der Waals surface area contributed by atoms with Gasteiger partial charge >= 0.3 is 0 Å². The molecule has 0 amide bonds. The fourth-order valence-corrected chi connectivity index (χ4v) is 2.68. The normalized spacial score (nSPS) is 15.4. The van der Waals surface area contributed by atoms with E-state index in [4.69, 9.17) is 0 Å². The molecular weight excluding hydrogens is 192 g/mol. The summed E-state index contributed by atoms with van der Waals surface area (Å²) in [5.74, 6) is 0.955. The van der Waals surface area contributed by atoms with Crippen molar-refractivity contribution in [3.05, 3.63) is 0 Å². The summed E-state index contributed by atoms with van der Waals surface area (Å²) in [6, 6.07) is 0. The second-order valence-electron chi connectivity index (χ2n) is 5.86. The topological polar surface area (TPSA) is 0 Å². The molecule has 0 aromatic carbocycles. The highest BCUT2D eigenvalue weighted by molar-refractivity contribution is 4.76. The van der Waals surface area contributed by atoms with Crippen molar-refractivity contribution in [3.63, 3.8) is 0 Å². The summed E-state index contributed by atoms with van der Waals surface area (Å²) in [5.41, 5.74) is 0.616. The molecule has 0 aliphatic rings. The Bertz CT molecular complexity index is 146. The van der Waals surface area contributed by atoms with Crippen LogP contribution in [-0.2, 0) is 0 Å². The number of rotatable bonds is 10. The summed E-state index contributed by atoms with van der Waals surface area (Å²) < 4.78 is 0. The van der Waals surface area contributed by atoms with Crippen molar-refractivity contribution in [1.82, 2.24) is 0 Å². The lowest BCUT2D eigenvalue weighted by molar-refractivity contribution is 0.198. The van der Waals surface area contributed by atoms with Crippen LogP contribution in [0.5, 0.6) is 0 Å². The molecular formula is C16H34. The van der Waals surface area contributed by atoms with E-state index in [0.717, 1.165) is 5.92 Å². The fourth-order valence-electron chi connectivity index (χ4n) is 2.68. The van der Waals surface area contributed by atoms with Crippen LogP contribution in [0.1, 0.15) is 92.4 Å². The molecule has 0 aliphatic carbocycles. The summed E-state index contributed by atoms with van der Waals surface area (Å²) in [4.78, 5) is 0. The van der Waals surface area contributed by atoms with Gasteiger partial charge < -0.3 is 0 Å². The third-order valence-corrected chi connectivity index (χ3v) is 4.42. The van der Waals surface area contributed by atoms with Gasteiger partial charge in [0.2, 0.25) is 0 Å². The molecule has 0 spiro atoms. The third-order valence-electron chi connectivity index (χ3n) is 4.42. The van der Waals surface area contributed by atoms with Crippen LogP contribution in [0.4, 0.5) is 0 Å². The zero-order valence-corrected chi connectivity index (χ0v) is 12.4. The molecule has 98 valence electrons. The van der Waals surface area contributed by atoms with E-state index < -0.39 is 0 Å². The van der Waals surface area contributed by atoms with Gasteiger partial charge in [0, 0.05) is 0 Å². The van der Waals surface area contributed by atoms with Crippen LogP contribution in [0.3, 0.4) is 0 Å². The van der Waals surface area contributed by atoms with Gasteiger partial charge in [0.05, 0.1) is 0 Å². The van der Waals surface area contributed by atoms with Crippen LogP contribution in [0.2, 0.25) is 0 Å². The molecule has 0 saturated carbocycles. The molecule has 0 saturated heterocycles. The number of hydrogen-bond acceptors (Lipinski definition) is 0. The predicted octanol–water partition coefficient (Wildman–Crippen LogP) is 6.20. The summed E-state index contributed by atoms with van der Waals surface area (Å²) in [7, 11) is 0. The molecule has 0 N–H and O–H groups in total. The molecule has 0 rings (SSSR count). The highest BCUT2D eigenvalue weighted by Crippen LogP contribution is 2.37. The third kappa shape index (κ3) is 6.55. The molecule has 1 atom stereocenters. The van der Waals surface area contributed by atoms with Gasteiger partial charge in [-0.15, -0.1) is 0 Å². The van der Waals surface area contributed by atoms with E-state index in [9.17, 15) is 0 Å². The Morgan fingerprint density at radius 3 is 1.94 bits per heavy atom. The average molecular weight is 226 g/mol.